The first-order valence-electron chi connectivity index (χ1n) is 10.3. The lowest BCUT2D eigenvalue weighted by Gasteiger charge is -2.21. The number of benzene rings is 1. The molecule has 0 atom stereocenters. The van der Waals surface area contributed by atoms with Crippen molar-refractivity contribution in [1.82, 2.24) is 10.6 Å². The average molecular weight is 377 g/mol. The van der Waals surface area contributed by atoms with Crippen LogP contribution in [0.5, 0.6) is 11.5 Å². The predicted octanol–water partition coefficient (Wildman–Crippen LogP) is 4.19. The van der Waals surface area contributed by atoms with Crippen molar-refractivity contribution in [1.29, 1.82) is 0 Å². The van der Waals surface area contributed by atoms with Crippen LogP contribution in [0.2, 0.25) is 0 Å². The Morgan fingerprint density at radius 3 is 2.41 bits per heavy atom. The lowest BCUT2D eigenvalue weighted by Crippen LogP contribution is -2.43. The molecule has 1 amide bonds. The Morgan fingerprint density at radius 1 is 1.07 bits per heavy atom. The van der Waals surface area contributed by atoms with Gasteiger partial charge in [-0.2, -0.15) is 0 Å². The Labute approximate surface area is 164 Å². The first kappa shape index (κ1) is 21.5. The van der Waals surface area contributed by atoms with E-state index in [1.54, 1.807) is 0 Å². The van der Waals surface area contributed by atoms with E-state index >= 15 is 0 Å². The zero-order valence-corrected chi connectivity index (χ0v) is 17.4. The van der Waals surface area contributed by atoms with E-state index < -0.39 is 0 Å². The Morgan fingerprint density at radius 2 is 1.78 bits per heavy atom. The molecule has 1 fully saturated rings. The third-order valence-corrected chi connectivity index (χ3v) is 4.63. The fourth-order valence-corrected chi connectivity index (χ4v) is 3.39. The molecule has 0 aromatic heterocycles. The Bertz CT molecular complexity index is 588. The predicted molar refractivity (Wildman–Crippen MR) is 109 cm³/mol. The van der Waals surface area contributed by atoms with Crippen LogP contribution >= 0.6 is 0 Å². The third-order valence-electron chi connectivity index (χ3n) is 4.63. The van der Waals surface area contributed by atoms with E-state index in [1.165, 1.54) is 44.1 Å². The molecule has 1 saturated carbocycles. The number of carbonyl (C=O) groups excluding carboxylic acids is 1. The minimum Gasteiger partial charge on any atom is -0.490 e. The van der Waals surface area contributed by atoms with Crippen LogP contribution in [0, 0.1) is 0 Å². The van der Waals surface area contributed by atoms with Gasteiger partial charge in [0.1, 0.15) is 0 Å². The monoisotopic (exact) mass is 376 g/mol. The van der Waals surface area contributed by atoms with E-state index in [0.717, 1.165) is 6.54 Å². The molecular formula is C22H36N2O3. The summed E-state index contributed by atoms with van der Waals surface area (Å²) in [5, 5.41) is 6.58. The second-order valence-corrected chi connectivity index (χ2v) is 8.37. The van der Waals surface area contributed by atoms with Gasteiger partial charge in [0.15, 0.2) is 18.1 Å². The molecule has 2 rings (SSSR count). The molecule has 5 nitrogen and oxygen atoms in total. The second kappa shape index (κ2) is 10.5. The van der Waals surface area contributed by atoms with Crippen molar-refractivity contribution < 1.29 is 14.3 Å². The molecule has 152 valence electrons. The van der Waals surface area contributed by atoms with Crippen LogP contribution in [0.15, 0.2) is 18.2 Å². The van der Waals surface area contributed by atoms with Gasteiger partial charge in [0.2, 0.25) is 0 Å². The topological polar surface area (TPSA) is 59.6 Å². The molecule has 0 radical (unpaired) electrons. The van der Waals surface area contributed by atoms with Gasteiger partial charge in [-0.15, -0.1) is 0 Å². The summed E-state index contributed by atoms with van der Waals surface area (Å²) < 4.78 is 11.4. The quantitative estimate of drug-likeness (QED) is 0.668. The largest absolute Gasteiger partial charge is 0.490 e. The molecular weight excluding hydrogens is 340 g/mol. The van der Waals surface area contributed by atoms with E-state index in [4.69, 9.17) is 9.47 Å². The number of ether oxygens (including phenoxy) is 2. The summed E-state index contributed by atoms with van der Waals surface area (Å²) in [4.78, 5) is 12.0. The van der Waals surface area contributed by atoms with Crippen LogP contribution in [0.1, 0.15) is 71.8 Å². The maximum Gasteiger partial charge on any atom is 0.258 e. The lowest BCUT2D eigenvalue weighted by molar-refractivity contribution is -0.124. The van der Waals surface area contributed by atoms with E-state index in [9.17, 15) is 4.79 Å². The molecule has 2 N–H and O–H groups in total. The van der Waals surface area contributed by atoms with Crippen LogP contribution in [-0.2, 0) is 11.3 Å². The van der Waals surface area contributed by atoms with Crippen molar-refractivity contribution in [2.45, 2.75) is 84.3 Å². The van der Waals surface area contributed by atoms with Crippen LogP contribution in [0.3, 0.4) is 0 Å². The van der Waals surface area contributed by atoms with Gasteiger partial charge in [0, 0.05) is 18.1 Å². The number of amides is 1. The van der Waals surface area contributed by atoms with Crippen molar-refractivity contribution in [2.24, 2.45) is 0 Å². The highest BCUT2D eigenvalue weighted by atomic mass is 16.5. The summed E-state index contributed by atoms with van der Waals surface area (Å²) in [6, 6.07) is 6.58. The highest BCUT2D eigenvalue weighted by Gasteiger charge is 2.16. The highest BCUT2D eigenvalue weighted by Crippen LogP contribution is 2.29. The fraction of sp³-hybridized carbons (Fsp3) is 0.682. The van der Waals surface area contributed by atoms with Crippen molar-refractivity contribution in [2.75, 3.05) is 13.2 Å². The van der Waals surface area contributed by atoms with Crippen LogP contribution < -0.4 is 20.1 Å². The number of nitrogens with one attached hydrogen (secondary N) is 2. The van der Waals surface area contributed by atoms with Gasteiger partial charge in [-0.3, -0.25) is 4.79 Å². The molecule has 5 heteroatoms. The van der Waals surface area contributed by atoms with Crippen molar-refractivity contribution in [3.8, 4) is 11.5 Å². The molecule has 0 bridgehead atoms. The maximum atomic E-state index is 12.0. The highest BCUT2D eigenvalue weighted by molar-refractivity contribution is 5.78. The minimum absolute atomic E-state index is 0.0169. The molecule has 1 aromatic carbocycles. The number of rotatable bonds is 8. The summed E-state index contributed by atoms with van der Waals surface area (Å²) in [5.41, 5.74) is 0.908. The molecule has 1 aromatic rings. The first-order chi connectivity index (χ1) is 12.9. The SMILES string of the molecule is CCOc1cc(CNC2CCCCCC2)ccc1OCC(=O)NC(C)(C)C. The molecule has 0 saturated heterocycles. The summed E-state index contributed by atoms with van der Waals surface area (Å²) in [6.07, 6.45) is 7.91. The Balaban J connectivity index is 1.93. The molecule has 0 spiro atoms. The van der Waals surface area contributed by atoms with Gasteiger partial charge in [-0.1, -0.05) is 31.7 Å². The summed E-state index contributed by atoms with van der Waals surface area (Å²) in [5.74, 6) is 1.17. The normalized spacial score (nSPS) is 15.9. The molecule has 1 aliphatic rings. The van der Waals surface area contributed by atoms with Crippen molar-refractivity contribution in [3.05, 3.63) is 23.8 Å². The number of hydrogen-bond donors (Lipinski definition) is 2. The minimum atomic E-state index is -0.267. The fourth-order valence-electron chi connectivity index (χ4n) is 3.39. The molecule has 27 heavy (non-hydrogen) atoms. The van der Waals surface area contributed by atoms with E-state index in [0.29, 0.717) is 24.1 Å². The van der Waals surface area contributed by atoms with E-state index in [-0.39, 0.29) is 18.1 Å². The van der Waals surface area contributed by atoms with Crippen LogP contribution in [0.4, 0.5) is 0 Å². The van der Waals surface area contributed by atoms with Crippen LogP contribution in [-0.4, -0.2) is 30.7 Å². The molecule has 1 aliphatic carbocycles. The number of carbonyl (C=O) groups is 1. The molecule has 0 aliphatic heterocycles. The third kappa shape index (κ3) is 8.21. The van der Waals surface area contributed by atoms with Gasteiger partial charge in [-0.25, -0.2) is 0 Å². The van der Waals surface area contributed by atoms with E-state index in [1.807, 2.05) is 45.9 Å². The smallest absolute Gasteiger partial charge is 0.258 e. The average Bonchev–Trinajstić information content (AvgIpc) is 2.87. The maximum absolute atomic E-state index is 12.0. The lowest BCUT2D eigenvalue weighted by atomic mass is 10.1. The van der Waals surface area contributed by atoms with Crippen molar-refractivity contribution in [3.63, 3.8) is 0 Å². The summed E-state index contributed by atoms with van der Waals surface area (Å²) in [7, 11) is 0. The van der Waals surface area contributed by atoms with Gasteiger partial charge >= 0.3 is 0 Å². The summed E-state index contributed by atoms with van der Waals surface area (Å²) in [6.45, 7) is 9.18. The first-order valence-corrected chi connectivity index (χ1v) is 10.3. The van der Waals surface area contributed by atoms with Gasteiger partial charge in [0.05, 0.1) is 6.61 Å². The zero-order chi connectivity index (χ0) is 19.7. The van der Waals surface area contributed by atoms with Gasteiger partial charge < -0.3 is 20.1 Å². The Hall–Kier alpha value is -1.75. The zero-order valence-electron chi connectivity index (χ0n) is 17.4. The Kier molecular flexibility index (Phi) is 8.42. The van der Waals surface area contributed by atoms with Crippen LogP contribution in [0.25, 0.3) is 0 Å². The summed E-state index contributed by atoms with van der Waals surface area (Å²) >= 11 is 0. The molecule has 0 heterocycles. The van der Waals surface area contributed by atoms with E-state index in [2.05, 4.69) is 10.6 Å². The van der Waals surface area contributed by atoms with Crippen molar-refractivity contribution >= 4 is 5.91 Å². The number of hydrogen-bond acceptors (Lipinski definition) is 4. The standard InChI is InChI=1S/C22H36N2O3/c1-5-26-20-14-17(15-23-18-10-8-6-7-9-11-18)12-13-19(20)27-16-21(25)24-22(2,3)4/h12-14,18,23H,5-11,15-16H2,1-4H3,(H,24,25). The van der Waals surface area contributed by atoms with Gasteiger partial charge in [-0.05, 0) is 58.2 Å². The van der Waals surface area contributed by atoms with Gasteiger partial charge in [0.25, 0.3) is 5.91 Å². The molecule has 0 unspecified atom stereocenters. The second-order valence-electron chi connectivity index (χ2n) is 8.37.